The van der Waals surface area contributed by atoms with Gasteiger partial charge in [0.15, 0.2) is 0 Å². The third-order valence-electron chi connectivity index (χ3n) is 3.80. The molecule has 0 spiro atoms. The molecule has 1 aromatic rings. The van der Waals surface area contributed by atoms with Crippen LogP contribution < -0.4 is 5.32 Å². The summed E-state index contributed by atoms with van der Waals surface area (Å²) in [5.74, 6) is 0. The van der Waals surface area contributed by atoms with Gasteiger partial charge in [0.2, 0.25) is 0 Å². The number of likely N-dealkylation sites (N-methyl/N-ethyl adjacent to an activating group) is 1. The molecule has 1 heterocycles. The number of nitrogens with one attached hydrogen (secondary N) is 1. The Hall–Kier alpha value is -0.580. The lowest BCUT2D eigenvalue weighted by atomic mass is 10.0. The molecule has 5 heteroatoms. The SMILES string of the molecule is CCCC(OC)C(Cc1c(Cl)c(CC)nn1CC)NC. The van der Waals surface area contributed by atoms with Crippen molar-refractivity contribution in [2.24, 2.45) is 0 Å². The number of halogens is 1. The van der Waals surface area contributed by atoms with Gasteiger partial charge < -0.3 is 10.1 Å². The molecule has 0 aliphatic carbocycles. The standard InChI is InChI=1S/C15H28ClN3O/c1-6-9-14(20-5)12(17-4)10-13-15(16)11(7-2)18-19(13)8-3/h12,14,17H,6-10H2,1-5H3. The number of aryl methyl sites for hydroxylation is 2. The minimum Gasteiger partial charge on any atom is -0.380 e. The Kier molecular flexibility index (Phi) is 7.56. The Morgan fingerprint density at radius 2 is 2.05 bits per heavy atom. The van der Waals surface area contributed by atoms with Crippen LogP contribution >= 0.6 is 11.6 Å². The average molecular weight is 302 g/mol. The molecule has 4 nitrogen and oxygen atoms in total. The van der Waals surface area contributed by atoms with E-state index in [1.165, 1.54) is 0 Å². The Morgan fingerprint density at radius 3 is 2.50 bits per heavy atom. The average Bonchev–Trinajstić information content (AvgIpc) is 2.78. The van der Waals surface area contributed by atoms with Gasteiger partial charge in [-0.25, -0.2) is 0 Å². The summed E-state index contributed by atoms with van der Waals surface area (Å²) in [4.78, 5) is 0. The van der Waals surface area contributed by atoms with E-state index in [4.69, 9.17) is 16.3 Å². The first-order valence-electron chi connectivity index (χ1n) is 7.56. The normalized spacial score (nSPS) is 14.5. The molecule has 0 aromatic carbocycles. The highest BCUT2D eigenvalue weighted by Gasteiger charge is 2.23. The second kappa shape index (κ2) is 8.65. The number of nitrogens with zero attached hydrogens (tertiary/aromatic N) is 2. The van der Waals surface area contributed by atoms with Gasteiger partial charge in [-0.2, -0.15) is 5.10 Å². The maximum absolute atomic E-state index is 6.48. The molecule has 1 rings (SSSR count). The van der Waals surface area contributed by atoms with Crippen molar-refractivity contribution in [3.05, 3.63) is 16.4 Å². The number of aromatic nitrogens is 2. The second-order valence-corrected chi connectivity index (χ2v) is 5.42. The summed E-state index contributed by atoms with van der Waals surface area (Å²) in [6, 6.07) is 0.254. The van der Waals surface area contributed by atoms with Gasteiger partial charge in [-0.1, -0.05) is 31.9 Å². The monoisotopic (exact) mass is 301 g/mol. The third kappa shape index (κ3) is 3.96. The van der Waals surface area contributed by atoms with E-state index < -0.39 is 0 Å². The predicted molar refractivity (Wildman–Crippen MR) is 84.5 cm³/mol. The molecule has 0 amide bonds. The van der Waals surface area contributed by atoms with Crippen molar-refractivity contribution in [3.63, 3.8) is 0 Å². The van der Waals surface area contributed by atoms with E-state index in [1.807, 2.05) is 11.7 Å². The van der Waals surface area contributed by atoms with Crippen LogP contribution in [-0.4, -0.2) is 36.1 Å². The van der Waals surface area contributed by atoms with Crippen molar-refractivity contribution >= 4 is 11.6 Å². The molecule has 116 valence electrons. The maximum atomic E-state index is 6.48. The zero-order chi connectivity index (χ0) is 15.1. The molecule has 0 saturated heterocycles. The highest BCUT2D eigenvalue weighted by atomic mass is 35.5. The van der Waals surface area contributed by atoms with Crippen molar-refractivity contribution in [2.75, 3.05) is 14.2 Å². The van der Waals surface area contributed by atoms with Gasteiger partial charge in [0, 0.05) is 26.1 Å². The van der Waals surface area contributed by atoms with Crippen molar-refractivity contribution in [1.82, 2.24) is 15.1 Å². The van der Waals surface area contributed by atoms with Gasteiger partial charge >= 0.3 is 0 Å². The highest BCUT2D eigenvalue weighted by Crippen LogP contribution is 2.24. The van der Waals surface area contributed by atoms with Gasteiger partial charge in [0.05, 0.1) is 22.5 Å². The summed E-state index contributed by atoms with van der Waals surface area (Å²) in [6.07, 6.45) is 4.06. The molecule has 0 bridgehead atoms. The van der Waals surface area contributed by atoms with Crippen LogP contribution in [0.5, 0.6) is 0 Å². The van der Waals surface area contributed by atoms with Crippen LogP contribution in [0.1, 0.15) is 45.0 Å². The molecule has 2 unspecified atom stereocenters. The first kappa shape index (κ1) is 17.5. The van der Waals surface area contributed by atoms with Crippen LogP contribution in [0.2, 0.25) is 5.02 Å². The van der Waals surface area contributed by atoms with E-state index in [1.54, 1.807) is 7.11 Å². The van der Waals surface area contributed by atoms with E-state index in [0.717, 1.165) is 48.6 Å². The molecule has 0 saturated carbocycles. The molecule has 2 atom stereocenters. The van der Waals surface area contributed by atoms with Crippen LogP contribution in [0.3, 0.4) is 0 Å². The summed E-state index contributed by atoms with van der Waals surface area (Å²) in [7, 11) is 3.76. The molecule has 0 radical (unpaired) electrons. The summed E-state index contributed by atoms with van der Waals surface area (Å²) in [5.41, 5.74) is 2.10. The molecule has 0 fully saturated rings. The summed E-state index contributed by atoms with van der Waals surface area (Å²) >= 11 is 6.48. The summed E-state index contributed by atoms with van der Waals surface area (Å²) in [5, 5.41) is 8.77. The molecule has 0 aliphatic rings. The predicted octanol–water partition coefficient (Wildman–Crippen LogP) is 3.06. The van der Waals surface area contributed by atoms with Crippen LogP contribution in [0.25, 0.3) is 0 Å². The zero-order valence-corrected chi connectivity index (χ0v) is 14.1. The molecule has 20 heavy (non-hydrogen) atoms. The fraction of sp³-hybridized carbons (Fsp3) is 0.800. The largest absolute Gasteiger partial charge is 0.380 e. The molecule has 1 aromatic heterocycles. The maximum Gasteiger partial charge on any atom is 0.0850 e. The quantitative estimate of drug-likeness (QED) is 0.762. The number of hydrogen-bond donors (Lipinski definition) is 1. The van der Waals surface area contributed by atoms with Gasteiger partial charge in [0.1, 0.15) is 0 Å². The minimum atomic E-state index is 0.200. The van der Waals surface area contributed by atoms with Crippen LogP contribution in [0.15, 0.2) is 0 Å². The van der Waals surface area contributed by atoms with Gasteiger partial charge in [0.25, 0.3) is 0 Å². The van der Waals surface area contributed by atoms with Gasteiger partial charge in [-0.15, -0.1) is 0 Å². The molecule has 0 aliphatic heterocycles. The van der Waals surface area contributed by atoms with E-state index in [-0.39, 0.29) is 12.1 Å². The van der Waals surface area contributed by atoms with E-state index in [2.05, 4.69) is 31.2 Å². The Bertz CT molecular complexity index is 406. The van der Waals surface area contributed by atoms with Gasteiger partial charge in [-0.05, 0) is 26.8 Å². The summed E-state index contributed by atoms with van der Waals surface area (Å²) in [6.45, 7) is 7.21. The van der Waals surface area contributed by atoms with Crippen molar-refractivity contribution in [2.45, 2.75) is 65.1 Å². The Balaban J connectivity index is 2.96. The van der Waals surface area contributed by atoms with Crippen LogP contribution in [0, 0.1) is 0 Å². The van der Waals surface area contributed by atoms with Crippen LogP contribution in [0.4, 0.5) is 0 Å². The number of methoxy groups -OCH3 is 1. The number of rotatable bonds is 9. The van der Waals surface area contributed by atoms with Crippen molar-refractivity contribution in [1.29, 1.82) is 0 Å². The van der Waals surface area contributed by atoms with Gasteiger partial charge in [-0.3, -0.25) is 4.68 Å². The van der Waals surface area contributed by atoms with Crippen LogP contribution in [-0.2, 0) is 24.1 Å². The van der Waals surface area contributed by atoms with E-state index in [9.17, 15) is 0 Å². The number of ether oxygens (including phenoxy) is 1. The Labute approximate surface area is 127 Å². The fourth-order valence-electron chi connectivity index (χ4n) is 2.61. The molecule has 1 N–H and O–H groups in total. The molecular weight excluding hydrogens is 274 g/mol. The van der Waals surface area contributed by atoms with Crippen molar-refractivity contribution < 1.29 is 4.74 Å². The second-order valence-electron chi connectivity index (χ2n) is 5.04. The lowest BCUT2D eigenvalue weighted by molar-refractivity contribution is 0.0627. The Morgan fingerprint density at radius 1 is 1.35 bits per heavy atom. The lowest BCUT2D eigenvalue weighted by Crippen LogP contribution is -2.41. The van der Waals surface area contributed by atoms with E-state index >= 15 is 0 Å². The third-order valence-corrected chi connectivity index (χ3v) is 4.24. The summed E-state index contributed by atoms with van der Waals surface area (Å²) < 4.78 is 7.65. The fourth-order valence-corrected chi connectivity index (χ4v) is 2.95. The van der Waals surface area contributed by atoms with E-state index in [0.29, 0.717) is 0 Å². The highest BCUT2D eigenvalue weighted by molar-refractivity contribution is 6.31. The lowest BCUT2D eigenvalue weighted by Gasteiger charge is -2.25. The zero-order valence-electron chi connectivity index (χ0n) is 13.4. The minimum absolute atomic E-state index is 0.200. The topological polar surface area (TPSA) is 39.1 Å². The first-order valence-corrected chi connectivity index (χ1v) is 7.94. The number of hydrogen-bond acceptors (Lipinski definition) is 3. The first-order chi connectivity index (χ1) is 9.62. The molecular formula is C15H28ClN3O. The van der Waals surface area contributed by atoms with Crippen molar-refractivity contribution in [3.8, 4) is 0 Å². The smallest absolute Gasteiger partial charge is 0.0850 e.